The number of amides is 1. The van der Waals surface area contributed by atoms with Crippen molar-refractivity contribution in [2.24, 2.45) is 15.9 Å². The van der Waals surface area contributed by atoms with Crippen molar-refractivity contribution in [2.75, 3.05) is 19.7 Å². The largest absolute Gasteiger partial charge is 0.465 e. The zero-order chi connectivity index (χ0) is 18.3. The first-order valence-electron chi connectivity index (χ1n) is 8.18. The van der Waals surface area contributed by atoms with Crippen LogP contribution in [0.15, 0.2) is 9.98 Å². The SMILES string of the molecule is CC(C)(CO)N=C1N=C(Cl)N(C(C)(C)C)C2CN(C(=O)O)CCC12. The van der Waals surface area contributed by atoms with Crippen molar-refractivity contribution in [2.45, 2.75) is 58.2 Å². The highest BCUT2D eigenvalue weighted by Gasteiger charge is 2.45. The van der Waals surface area contributed by atoms with Gasteiger partial charge in [0.15, 0.2) is 0 Å². The molecule has 0 aromatic heterocycles. The number of likely N-dealkylation sites (tertiary alicyclic amines) is 1. The fraction of sp³-hybridized carbons (Fsp3) is 0.812. The van der Waals surface area contributed by atoms with Crippen molar-refractivity contribution >= 4 is 28.8 Å². The summed E-state index contributed by atoms with van der Waals surface area (Å²) in [5, 5.41) is 19.2. The third-order valence-corrected chi connectivity index (χ3v) is 4.71. The molecule has 2 atom stereocenters. The minimum atomic E-state index is -0.921. The smallest absolute Gasteiger partial charge is 0.407 e. The van der Waals surface area contributed by atoms with Crippen molar-refractivity contribution in [1.29, 1.82) is 0 Å². The summed E-state index contributed by atoms with van der Waals surface area (Å²) in [5.41, 5.74) is -0.933. The number of rotatable bonds is 2. The van der Waals surface area contributed by atoms with E-state index in [1.54, 1.807) is 0 Å². The average Bonchev–Trinajstić information content (AvgIpc) is 2.44. The summed E-state index contributed by atoms with van der Waals surface area (Å²) in [6.07, 6.45) is -0.285. The van der Waals surface area contributed by atoms with Crippen LogP contribution in [0.1, 0.15) is 41.0 Å². The van der Waals surface area contributed by atoms with Gasteiger partial charge in [-0.25, -0.2) is 9.79 Å². The molecule has 0 aliphatic carbocycles. The predicted octanol–water partition coefficient (Wildman–Crippen LogP) is 2.23. The van der Waals surface area contributed by atoms with Gasteiger partial charge in [-0.3, -0.25) is 4.99 Å². The fourth-order valence-corrected chi connectivity index (χ4v) is 3.73. The molecular formula is C16H27ClN4O3. The number of hydrogen-bond acceptors (Lipinski definition) is 4. The van der Waals surface area contributed by atoms with Gasteiger partial charge in [-0.15, -0.1) is 0 Å². The lowest BCUT2D eigenvalue weighted by Gasteiger charge is -2.51. The molecule has 1 saturated heterocycles. The summed E-state index contributed by atoms with van der Waals surface area (Å²) in [6, 6.07) is -0.118. The highest BCUT2D eigenvalue weighted by molar-refractivity contribution is 6.65. The van der Waals surface area contributed by atoms with E-state index in [9.17, 15) is 15.0 Å². The normalized spacial score (nSPS) is 27.1. The van der Waals surface area contributed by atoms with Gasteiger partial charge in [-0.05, 0) is 52.6 Å². The van der Waals surface area contributed by atoms with Gasteiger partial charge < -0.3 is 20.0 Å². The summed E-state index contributed by atoms with van der Waals surface area (Å²) in [7, 11) is 0. The van der Waals surface area contributed by atoms with Crippen molar-refractivity contribution in [3.05, 3.63) is 0 Å². The van der Waals surface area contributed by atoms with E-state index in [2.05, 4.69) is 9.98 Å². The Hall–Kier alpha value is -1.34. The van der Waals surface area contributed by atoms with Crippen LogP contribution in [0.4, 0.5) is 4.79 Å². The third-order valence-electron chi connectivity index (χ3n) is 4.45. The molecule has 7 nitrogen and oxygen atoms in total. The maximum atomic E-state index is 11.4. The maximum absolute atomic E-state index is 11.4. The summed E-state index contributed by atoms with van der Waals surface area (Å²) in [6.45, 7) is 10.5. The first-order chi connectivity index (χ1) is 11.0. The summed E-state index contributed by atoms with van der Waals surface area (Å²) in [4.78, 5) is 23.9. The molecule has 2 N–H and O–H groups in total. The van der Waals surface area contributed by atoms with Gasteiger partial charge in [-0.2, -0.15) is 0 Å². The van der Waals surface area contributed by atoms with E-state index >= 15 is 0 Å². The van der Waals surface area contributed by atoms with Crippen LogP contribution in [0, 0.1) is 5.92 Å². The lowest BCUT2D eigenvalue weighted by molar-refractivity contribution is 0.0649. The van der Waals surface area contributed by atoms with Crippen molar-refractivity contribution in [3.8, 4) is 0 Å². The fourth-order valence-electron chi connectivity index (χ4n) is 3.26. The monoisotopic (exact) mass is 358 g/mol. The van der Waals surface area contributed by atoms with Crippen LogP contribution in [0.25, 0.3) is 0 Å². The second-order valence-electron chi connectivity index (χ2n) is 8.05. The molecule has 24 heavy (non-hydrogen) atoms. The molecule has 0 radical (unpaired) electrons. The molecular weight excluding hydrogens is 332 g/mol. The number of aliphatic hydroxyl groups is 1. The van der Waals surface area contributed by atoms with Gasteiger partial charge >= 0.3 is 6.09 Å². The Kier molecular flexibility index (Phi) is 5.16. The highest BCUT2D eigenvalue weighted by Crippen LogP contribution is 2.34. The highest BCUT2D eigenvalue weighted by atomic mass is 35.5. The number of aliphatic imine (C=N–C) groups is 2. The minimum Gasteiger partial charge on any atom is -0.465 e. The Morgan fingerprint density at radius 2 is 2.00 bits per heavy atom. The quantitative estimate of drug-likeness (QED) is 0.741. The van der Waals surface area contributed by atoms with Crippen LogP contribution in [0.5, 0.6) is 0 Å². The van der Waals surface area contributed by atoms with Crippen LogP contribution in [-0.2, 0) is 0 Å². The van der Waals surface area contributed by atoms with Crippen LogP contribution in [0.2, 0.25) is 0 Å². The number of amidine groups is 2. The van der Waals surface area contributed by atoms with E-state index in [4.69, 9.17) is 11.6 Å². The van der Waals surface area contributed by atoms with Gasteiger partial charge in [0.05, 0.1) is 18.2 Å². The zero-order valence-electron chi connectivity index (χ0n) is 15.0. The van der Waals surface area contributed by atoms with Gasteiger partial charge in [0, 0.05) is 24.5 Å². The molecule has 2 rings (SSSR count). The summed E-state index contributed by atoms with van der Waals surface area (Å²) < 4.78 is 0. The number of nitrogens with zero attached hydrogens (tertiary/aromatic N) is 4. The van der Waals surface area contributed by atoms with E-state index < -0.39 is 11.6 Å². The molecule has 0 spiro atoms. The molecule has 2 heterocycles. The Morgan fingerprint density at radius 1 is 1.38 bits per heavy atom. The number of aliphatic hydroxyl groups excluding tert-OH is 1. The number of hydrogen-bond donors (Lipinski definition) is 2. The first kappa shape index (κ1) is 19.0. The number of carbonyl (C=O) groups is 1. The molecule has 1 amide bonds. The minimum absolute atomic E-state index is 0.00634. The molecule has 0 bridgehead atoms. The molecule has 0 saturated carbocycles. The maximum Gasteiger partial charge on any atom is 0.407 e. The Balaban J connectivity index is 2.47. The summed E-state index contributed by atoms with van der Waals surface area (Å²) in [5.74, 6) is 0.600. The second-order valence-corrected chi connectivity index (χ2v) is 8.39. The third kappa shape index (κ3) is 3.83. The van der Waals surface area contributed by atoms with Gasteiger partial charge in [-0.1, -0.05) is 0 Å². The molecule has 2 aliphatic heterocycles. The van der Waals surface area contributed by atoms with Gasteiger partial charge in [0.2, 0.25) is 5.29 Å². The standard InChI is InChI=1S/C16H27ClN4O3/c1-15(2,3)21-11-8-20(14(23)24)7-6-10(11)12(18-13(21)17)19-16(4,5)9-22/h10-11,22H,6-9H2,1-5H3,(H,23,24). The van der Waals surface area contributed by atoms with E-state index in [1.165, 1.54) is 4.90 Å². The van der Waals surface area contributed by atoms with Crippen molar-refractivity contribution < 1.29 is 15.0 Å². The topological polar surface area (TPSA) is 88.7 Å². The molecule has 2 unspecified atom stereocenters. The van der Waals surface area contributed by atoms with Crippen molar-refractivity contribution in [1.82, 2.24) is 9.80 Å². The molecule has 8 heteroatoms. The first-order valence-corrected chi connectivity index (χ1v) is 8.56. The van der Waals surface area contributed by atoms with Crippen LogP contribution in [0.3, 0.4) is 0 Å². The molecule has 136 valence electrons. The lowest BCUT2D eigenvalue weighted by atomic mass is 9.85. The predicted molar refractivity (Wildman–Crippen MR) is 95.0 cm³/mol. The number of piperidine rings is 1. The Morgan fingerprint density at radius 3 is 2.50 bits per heavy atom. The summed E-state index contributed by atoms with van der Waals surface area (Å²) >= 11 is 6.45. The van der Waals surface area contributed by atoms with E-state index in [1.807, 2.05) is 39.5 Å². The van der Waals surface area contributed by atoms with Gasteiger partial charge in [0.1, 0.15) is 5.84 Å². The Bertz CT molecular complexity index is 568. The number of fused-ring (bicyclic) bond motifs is 1. The number of carboxylic acid groups (broad SMARTS) is 1. The second kappa shape index (κ2) is 6.52. The van der Waals surface area contributed by atoms with Crippen LogP contribution >= 0.6 is 11.6 Å². The lowest BCUT2D eigenvalue weighted by Crippen LogP contribution is -2.63. The molecule has 2 aliphatic rings. The van der Waals surface area contributed by atoms with Crippen LogP contribution < -0.4 is 0 Å². The molecule has 1 fully saturated rings. The molecule has 0 aromatic carbocycles. The number of halogens is 1. The van der Waals surface area contributed by atoms with E-state index in [0.717, 1.165) is 0 Å². The van der Waals surface area contributed by atoms with E-state index in [-0.39, 0.29) is 24.1 Å². The van der Waals surface area contributed by atoms with Crippen LogP contribution in [-0.4, -0.2) is 74.1 Å². The molecule has 0 aromatic rings. The average molecular weight is 359 g/mol. The van der Waals surface area contributed by atoms with Gasteiger partial charge in [0.25, 0.3) is 0 Å². The van der Waals surface area contributed by atoms with Crippen molar-refractivity contribution in [3.63, 3.8) is 0 Å². The zero-order valence-corrected chi connectivity index (χ0v) is 15.7. The van der Waals surface area contributed by atoms with E-state index in [0.29, 0.717) is 30.6 Å². The Labute approximate surface area is 148 Å².